The van der Waals surface area contributed by atoms with Crippen LogP contribution in [0.25, 0.3) is 0 Å². The second kappa shape index (κ2) is 7.75. The van der Waals surface area contributed by atoms with E-state index in [1.165, 1.54) is 0 Å². The smallest absolute Gasteiger partial charge is 0.172 e. The van der Waals surface area contributed by atoms with Crippen molar-refractivity contribution in [2.24, 2.45) is 0 Å². The molecule has 0 fully saturated rings. The minimum absolute atomic E-state index is 0.183. The summed E-state index contributed by atoms with van der Waals surface area (Å²) in [7, 11) is 0. The van der Waals surface area contributed by atoms with Gasteiger partial charge in [0.15, 0.2) is 5.11 Å². The van der Waals surface area contributed by atoms with Crippen molar-refractivity contribution in [3.05, 3.63) is 53.7 Å². The van der Waals surface area contributed by atoms with Crippen LogP contribution >= 0.6 is 12.2 Å². The lowest BCUT2D eigenvalue weighted by Crippen LogP contribution is -2.28. The van der Waals surface area contributed by atoms with E-state index < -0.39 is 0 Å². The van der Waals surface area contributed by atoms with Crippen LogP contribution in [0.2, 0.25) is 0 Å². The van der Waals surface area contributed by atoms with Crippen LogP contribution in [-0.2, 0) is 6.54 Å². The SMILES string of the molecule is Cc1ccc(NC(=S)NCc2ccc(OC(C)C)cc2)nc1. The van der Waals surface area contributed by atoms with Gasteiger partial charge in [-0.15, -0.1) is 0 Å². The standard InChI is InChI=1S/C17H21N3OS/c1-12(2)21-15-7-5-14(6-8-15)11-19-17(22)20-16-9-4-13(3)10-18-16/h4-10,12H,11H2,1-3H3,(H2,18,19,20,22). The number of benzene rings is 1. The van der Waals surface area contributed by atoms with Crippen LogP contribution in [0.3, 0.4) is 0 Å². The van der Waals surface area contributed by atoms with Gasteiger partial charge in [0, 0.05) is 12.7 Å². The lowest BCUT2D eigenvalue weighted by atomic mass is 10.2. The number of nitrogens with one attached hydrogen (secondary N) is 2. The summed E-state index contributed by atoms with van der Waals surface area (Å²) in [5.41, 5.74) is 2.25. The highest BCUT2D eigenvalue weighted by Crippen LogP contribution is 2.13. The lowest BCUT2D eigenvalue weighted by Gasteiger charge is -2.12. The lowest BCUT2D eigenvalue weighted by molar-refractivity contribution is 0.242. The predicted molar refractivity (Wildman–Crippen MR) is 94.2 cm³/mol. The quantitative estimate of drug-likeness (QED) is 0.825. The van der Waals surface area contributed by atoms with Crippen molar-refractivity contribution >= 4 is 23.1 Å². The van der Waals surface area contributed by atoms with E-state index in [0.717, 1.165) is 22.7 Å². The van der Waals surface area contributed by atoms with Gasteiger partial charge in [-0.1, -0.05) is 18.2 Å². The first-order valence-corrected chi connectivity index (χ1v) is 7.67. The molecule has 22 heavy (non-hydrogen) atoms. The third-order valence-corrected chi connectivity index (χ3v) is 3.15. The van der Waals surface area contributed by atoms with Gasteiger partial charge in [0.1, 0.15) is 11.6 Å². The molecule has 0 saturated heterocycles. The van der Waals surface area contributed by atoms with Crippen molar-refractivity contribution < 1.29 is 4.74 Å². The summed E-state index contributed by atoms with van der Waals surface area (Å²) in [6, 6.07) is 11.9. The molecule has 0 radical (unpaired) electrons. The molecule has 0 bridgehead atoms. The molecular weight excluding hydrogens is 294 g/mol. The molecule has 0 aliphatic heterocycles. The molecule has 0 aliphatic carbocycles. The molecule has 2 rings (SSSR count). The van der Waals surface area contributed by atoms with Gasteiger partial charge in [0.2, 0.25) is 0 Å². The van der Waals surface area contributed by atoms with Crippen LogP contribution in [0.4, 0.5) is 5.82 Å². The van der Waals surface area contributed by atoms with Crippen molar-refractivity contribution in [3.63, 3.8) is 0 Å². The second-order valence-electron chi connectivity index (χ2n) is 5.34. The topological polar surface area (TPSA) is 46.2 Å². The van der Waals surface area contributed by atoms with Crippen LogP contribution in [0.15, 0.2) is 42.6 Å². The molecule has 1 aromatic heterocycles. The molecule has 1 heterocycles. The normalized spacial score (nSPS) is 10.4. The monoisotopic (exact) mass is 315 g/mol. The van der Waals surface area contributed by atoms with Gasteiger partial charge in [0.05, 0.1) is 6.10 Å². The molecule has 0 aliphatic rings. The largest absolute Gasteiger partial charge is 0.491 e. The minimum atomic E-state index is 0.183. The number of nitrogens with zero attached hydrogens (tertiary/aromatic N) is 1. The van der Waals surface area contributed by atoms with E-state index in [-0.39, 0.29) is 6.10 Å². The minimum Gasteiger partial charge on any atom is -0.491 e. The van der Waals surface area contributed by atoms with Crippen molar-refractivity contribution in [3.8, 4) is 5.75 Å². The zero-order valence-electron chi connectivity index (χ0n) is 13.1. The number of aryl methyl sites for hydroxylation is 1. The van der Waals surface area contributed by atoms with Crippen LogP contribution in [-0.4, -0.2) is 16.2 Å². The Morgan fingerprint density at radius 3 is 2.50 bits per heavy atom. The summed E-state index contributed by atoms with van der Waals surface area (Å²) in [6.07, 6.45) is 1.99. The van der Waals surface area contributed by atoms with E-state index in [4.69, 9.17) is 17.0 Å². The first kappa shape index (κ1) is 16.2. The molecule has 0 spiro atoms. The average Bonchev–Trinajstić information content (AvgIpc) is 2.48. The first-order chi connectivity index (χ1) is 10.5. The Morgan fingerprint density at radius 2 is 1.91 bits per heavy atom. The molecular formula is C17H21N3OS. The molecule has 4 nitrogen and oxygen atoms in total. The van der Waals surface area contributed by atoms with Gasteiger partial charge in [-0.05, 0) is 62.3 Å². The highest BCUT2D eigenvalue weighted by atomic mass is 32.1. The molecule has 2 N–H and O–H groups in total. The van der Waals surface area contributed by atoms with E-state index in [1.807, 2.05) is 57.2 Å². The summed E-state index contributed by atoms with van der Waals surface area (Å²) in [5.74, 6) is 1.62. The van der Waals surface area contributed by atoms with Crippen molar-refractivity contribution in [1.29, 1.82) is 0 Å². The first-order valence-electron chi connectivity index (χ1n) is 7.26. The van der Waals surface area contributed by atoms with E-state index in [0.29, 0.717) is 11.7 Å². The average molecular weight is 315 g/mol. The maximum absolute atomic E-state index is 5.62. The van der Waals surface area contributed by atoms with Crippen LogP contribution < -0.4 is 15.4 Å². The van der Waals surface area contributed by atoms with Gasteiger partial charge in [0.25, 0.3) is 0 Å². The zero-order valence-corrected chi connectivity index (χ0v) is 13.9. The molecule has 0 saturated carbocycles. The Morgan fingerprint density at radius 1 is 1.18 bits per heavy atom. The van der Waals surface area contributed by atoms with Gasteiger partial charge in [-0.25, -0.2) is 4.98 Å². The summed E-state index contributed by atoms with van der Waals surface area (Å²) in [4.78, 5) is 4.26. The van der Waals surface area contributed by atoms with Crippen molar-refractivity contribution in [1.82, 2.24) is 10.3 Å². The maximum atomic E-state index is 5.62. The van der Waals surface area contributed by atoms with Gasteiger partial charge in [-0.2, -0.15) is 0 Å². The van der Waals surface area contributed by atoms with Crippen molar-refractivity contribution in [2.45, 2.75) is 33.4 Å². The van der Waals surface area contributed by atoms with Gasteiger partial charge >= 0.3 is 0 Å². The molecule has 1 aromatic carbocycles. The van der Waals surface area contributed by atoms with Crippen LogP contribution in [0.1, 0.15) is 25.0 Å². The number of ether oxygens (including phenoxy) is 1. The summed E-state index contributed by atoms with van der Waals surface area (Å²) in [5, 5.41) is 6.78. The third kappa shape index (κ3) is 5.33. The fourth-order valence-electron chi connectivity index (χ4n) is 1.84. The van der Waals surface area contributed by atoms with E-state index in [9.17, 15) is 0 Å². The highest BCUT2D eigenvalue weighted by Gasteiger charge is 2.01. The number of hydrogen-bond donors (Lipinski definition) is 2. The highest BCUT2D eigenvalue weighted by molar-refractivity contribution is 7.80. The van der Waals surface area contributed by atoms with Crippen LogP contribution in [0.5, 0.6) is 5.75 Å². The third-order valence-electron chi connectivity index (χ3n) is 2.90. The maximum Gasteiger partial charge on any atom is 0.172 e. The molecule has 116 valence electrons. The van der Waals surface area contributed by atoms with Crippen molar-refractivity contribution in [2.75, 3.05) is 5.32 Å². The number of thiocarbonyl (C=S) groups is 1. The predicted octanol–water partition coefficient (Wildman–Crippen LogP) is 3.66. The Balaban J connectivity index is 1.81. The molecule has 2 aromatic rings. The Bertz CT molecular complexity index is 609. The summed E-state index contributed by atoms with van der Waals surface area (Å²) < 4.78 is 5.62. The fourth-order valence-corrected chi connectivity index (χ4v) is 2.02. The van der Waals surface area contributed by atoms with E-state index in [2.05, 4.69) is 15.6 Å². The number of anilines is 1. The Hall–Kier alpha value is -2.14. The zero-order chi connectivity index (χ0) is 15.9. The van der Waals surface area contributed by atoms with Crippen LogP contribution in [0, 0.1) is 6.92 Å². The second-order valence-corrected chi connectivity index (χ2v) is 5.75. The Kier molecular flexibility index (Phi) is 5.72. The van der Waals surface area contributed by atoms with Gasteiger partial charge < -0.3 is 15.4 Å². The van der Waals surface area contributed by atoms with Gasteiger partial charge in [-0.3, -0.25) is 0 Å². The number of aromatic nitrogens is 1. The molecule has 0 atom stereocenters. The Labute approximate surface area is 136 Å². The van der Waals surface area contributed by atoms with E-state index >= 15 is 0 Å². The molecule has 5 heteroatoms. The number of pyridine rings is 1. The fraction of sp³-hybridized carbons (Fsp3) is 0.294. The van der Waals surface area contributed by atoms with E-state index in [1.54, 1.807) is 6.20 Å². The number of rotatable bonds is 5. The summed E-state index contributed by atoms with van der Waals surface area (Å²) in [6.45, 7) is 6.68. The molecule has 0 amide bonds. The molecule has 0 unspecified atom stereocenters. The number of hydrogen-bond acceptors (Lipinski definition) is 3. The summed E-state index contributed by atoms with van der Waals surface area (Å²) >= 11 is 5.26.